The first-order chi connectivity index (χ1) is 12.5. The quantitative estimate of drug-likeness (QED) is 0.721. The number of benzene rings is 1. The zero-order valence-electron chi connectivity index (χ0n) is 14.9. The summed E-state index contributed by atoms with van der Waals surface area (Å²) in [6, 6.07) is 10.5. The van der Waals surface area contributed by atoms with Crippen LogP contribution in [-0.2, 0) is 0 Å². The summed E-state index contributed by atoms with van der Waals surface area (Å²) in [5.41, 5.74) is 1.37. The third-order valence-electron chi connectivity index (χ3n) is 4.29. The number of hydrogen-bond donors (Lipinski definition) is 1. The molecule has 26 heavy (non-hydrogen) atoms. The summed E-state index contributed by atoms with van der Waals surface area (Å²) >= 11 is 1.66. The van der Waals surface area contributed by atoms with Crippen LogP contribution >= 0.6 is 11.3 Å². The molecule has 0 saturated heterocycles. The second kappa shape index (κ2) is 7.80. The second-order valence-corrected chi connectivity index (χ2v) is 7.19. The molecule has 0 aliphatic carbocycles. The number of halogens is 1. The number of thiophene rings is 1. The lowest BCUT2D eigenvalue weighted by atomic mass is 10.2. The van der Waals surface area contributed by atoms with E-state index in [1.807, 2.05) is 25.5 Å². The summed E-state index contributed by atoms with van der Waals surface area (Å²) in [7, 11) is 3.97. The fourth-order valence-electron chi connectivity index (χ4n) is 2.80. The number of hydrogen-bond acceptors (Lipinski definition) is 4. The Hall–Kier alpha value is -2.51. The number of carbonyl (C=O) groups is 1. The van der Waals surface area contributed by atoms with Crippen LogP contribution in [0.5, 0.6) is 0 Å². The van der Waals surface area contributed by atoms with Gasteiger partial charge in [0.25, 0.3) is 5.91 Å². The first kappa shape index (κ1) is 18.3. The highest BCUT2D eigenvalue weighted by atomic mass is 32.1. The molecule has 0 saturated carbocycles. The molecular formula is C19H21FN4OS. The average molecular weight is 372 g/mol. The molecule has 1 amide bonds. The lowest BCUT2D eigenvalue weighted by molar-refractivity contribution is 0.0941. The van der Waals surface area contributed by atoms with Crippen molar-refractivity contribution in [2.24, 2.45) is 0 Å². The Morgan fingerprint density at radius 1 is 1.31 bits per heavy atom. The number of nitrogens with zero attached hydrogens (tertiary/aromatic N) is 3. The smallest absolute Gasteiger partial charge is 0.254 e. The molecule has 5 nitrogen and oxygen atoms in total. The Labute approximate surface area is 156 Å². The molecule has 0 radical (unpaired) electrons. The van der Waals surface area contributed by atoms with Gasteiger partial charge in [0.1, 0.15) is 11.5 Å². The fourth-order valence-corrected chi connectivity index (χ4v) is 3.72. The highest BCUT2D eigenvalue weighted by Crippen LogP contribution is 2.23. The maximum Gasteiger partial charge on any atom is 0.254 e. The molecule has 3 rings (SSSR count). The molecule has 0 aliphatic heterocycles. The van der Waals surface area contributed by atoms with E-state index in [0.29, 0.717) is 23.5 Å². The standard InChI is InChI=1S/C19H21FN4OS/c1-13-14(11-22-24(13)16-8-5-4-7-15(16)20)19(25)21-12-17(23(2)3)18-9-6-10-26-18/h4-11,17H,12H2,1-3H3,(H,21,25). The van der Waals surface area contributed by atoms with Gasteiger partial charge in [0.2, 0.25) is 0 Å². The highest BCUT2D eigenvalue weighted by molar-refractivity contribution is 7.10. The number of carbonyl (C=O) groups excluding carboxylic acids is 1. The Morgan fingerprint density at radius 3 is 2.73 bits per heavy atom. The normalized spacial score (nSPS) is 12.3. The first-order valence-electron chi connectivity index (χ1n) is 8.26. The minimum absolute atomic E-state index is 0.0980. The van der Waals surface area contributed by atoms with Gasteiger partial charge in [0, 0.05) is 11.4 Å². The summed E-state index contributed by atoms with van der Waals surface area (Å²) in [6.07, 6.45) is 1.48. The monoisotopic (exact) mass is 372 g/mol. The van der Waals surface area contributed by atoms with Gasteiger partial charge in [-0.05, 0) is 44.6 Å². The molecule has 1 atom stereocenters. The van der Waals surface area contributed by atoms with Gasteiger partial charge in [-0.25, -0.2) is 9.07 Å². The summed E-state index contributed by atoms with van der Waals surface area (Å²) in [6.45, 7) is 2.24. The average Bonchev–Trinajstić information content (AvgIpc) is 3.25. The van der Waals surface area contributed by atoms with Crippen LogP contribution in [0.15, 0.2) is 48.0 Å². The Balaban J connectivity index is 1.76. The Kier molecular flexibility index (Phi) is 5.49. The molecule has 0 bridgehead atoms. The van der Waals surface area contributed by atoms with Gasteiger partial charge in [-0.2, -0.15) is 5.10 Å². The zero-order valence-corrected chi connectivity index (χ0v) is 15.8. The molecule has 2 aromatic heterocycles. The highest BCUT2D eigenvalue weighted by Gasteiger charge is 2.20. The van der Waals surface area contributed by atoms with Crippen LogP contribution in [-0.4, -0.2) is 41.2 Å². The fraction of sp³-hybridized carbons (Fsp3) is 0.263. The van der Waals surface area contributed by atoms with Crippen molar-refractivity contribution in [2.75, 3.05) is 20.6 Å². The molecule has 136 valence electrons. The zero-order chi connectivity index (χ0) is 18.7. The molecule has 0 spiro atoms. The van der Waals surface area contributed by atoms with Gasteiger partial charge >= 0.3 is 0 Å². The molecule has 0 aliphatic rings. The van der Waals surface area contributed by atoms with E-state index < -0.39 is 0 Å². The number of para-hydroxylation sites is 1. The van der Waals surface area contributed by atoms with E-state index in [-0.39, 0.29) is 17.8 Å². The van der Waals surface area contributed by atoms with Crippen LogP contribution in [0.25, 0.3) is 5.69 Å². The van der Waals surface area contributed by atoms with Crippen molar-refractivity contribution in [1.29, 1.82) is 0 Å². The predicted molar refractivity (Wildman–Crippen MR) is 101 cm³/mol. The van der Waals surface area contributed by atoms with Crippen LogP contribution in [0.4, 0.5) is 4.39 Å². The number of likely N-dealkylation sites (N-methyl/N-ethyl adjacent to an activating group) is 1. The van der Waals surface area contributed by atoms with Crippen molar-refractivity contribution in [3.8, 4) is 5.69 Å². The van der Waals surface area contributed by atoms with Crippen molar-refractivity contribution in [2.45, 2.75) is 13.0 Å². The molecule has 1 N–H and O–H groups in total. The lowest BCUT2D eigenvalue weighted by Gasteiger charge is -2.23. The molecule has 2 heterocycles. The minimum atomic E-state index is -0.379. The van der Waals surface area contributed by atoms with Gasteiger partial charge < -0.3 is 10.2 Å². The summed E-state index contributed by atoms with van der Waals surface area (Å²) < 4.78 is 15.5. The number of nitrogens with one attached hydrogen (secondary N) is 1. The van der Waals surface area contributed by atoms with Crippen molar-refractivity contribution in [3.05, 3.63) is 69.9 Å². The third kappa shape index (κ3) is 3.68. The first-order valence-corrected chi connectivity index (χ1v) is 9.14. The van der Waals surface area contributed by atoms with Gasteiger partial charge in [-0.15, -0.1) is 11.3 Å². The summed E-state index contributed by atoms with van der Waals surface area (Å²) in [5, 5.41) is 9.18. The second-order valence-electron chi connectivity index (χ2n) is 6.21. The van der Waals surface area contributed by atoms with Gasteiger partial charge in [0.05, 0.1) is 23.5 Å². The van der Waals surface area contributed by atoms with E-state index in [1.165, 1.54) is 21.8 Å². The van der Waals surface area contributed by atoms with Crippen LogP contribution in [0.1, 0.15) is 27.0 Å². The summed E-state index contributed by atoms with van der Waals surface area (Å²) in [5.74, 6) is -0.593. The summed E-state index contributed by atoms with van der Waals surface area (Å²) in [4.78, 5) is 15.9. The lowest BCUT2D eigenvalue weighted by Crippen LogP contribution is -2.34. The molecule has 1 aromatic carbocycles. The van der Waals surface area contributed by atoms with Crippen molar-refractivity contribution in [3.63, 3.8) is 0 Å². The molecule has 0 fully saturated rings. The Bertz CT molecular complexity index is 889. The third-order valence-corrected chi connectivity index (χ3v) is 5.26. The number of amides is 1. The SMILES string of the molecule is Cc1c(C(=O)NCC(c2cccs2)N(C)C)cnn1-c1ccccc1F. The predicted octanol–water partition coefficient (Wildman–Crippen LogP) is 3.41. The van der Waals surface area contributed by atoms with E-state index in [2.05, 4.69) is 21.4 Å². The van der Waals surface area contributed by atoms with E-state index in [1.54, 1.807) is 36.5 Å². The minimum Gasteiger partial charge on any atom is -0.350 e. The number of rotatable bonds is 6. The van der Waals surface area contributed by atoms with Crippen LogP contribution in [0, 0.1) is 12.7 Å². The van der Waals surface area contributed by atoms with E-state index in [4.69, 9.17) is 0 Å². The van der Waals surface area contributed by atoms with Gasteiger partial charge in [-0.1, -0.05) is 18.2 Å². The Morgan fingerprint density at radius 2 is 2.08 bits per heavy atom. The van der Waals surface area contributed by atoms with E-state index in [9.17, 15) is 9.18 Å². The maximum absolute atomic E-state index is 14.0. The topological polar surface area (TPSA) is 50.2 Å². The molecule has 7 heteroatoms. The van der Waals surface area contributed by atoms with Crippen molar-refractivity contribution < 1.29 is 9.18 Å². The maximum atomic E-state index is 14.0. The molecule has 3 aromatic rings. The van der Waals surface area contributed by atoms with Crippen molar-refractivity contribution >= 4 is 17.2 Å². The van der Waals surface area contributed by atoms with Crippen LogP contribution in [0.3, 0.4) is 0 Å². The van der Waals surface area contributed by atoms with Crippen molar-refractivity contribution in [1.82, 2.24) is 20.0 Å². The van der Waals surface area contributed by atoms with E-state index in [0.717, 1.165) is 0 Å². The number of aromatic nitrogens is 2. The van der Waals surface area contributed by atoms with Gasteiger partial charge in [-0.3, -0.25) is 4.79 Å². The molecular weight excluding hydrogens is 351 g/mol. The van der Waals surface area contributed by atoms with Gasteiger partial charge in [0.15, 0.2) is 0 Å². The molecule has 1 unspecified atom stereocenters. The van der Waals surface area contributed by atoms with Crippen LogP contribution < -0.4 is 5.32 Å². The largest absolute Gasteiger partial charge is 0.350 e. The van der Waals surface area contributed by atoms with Crippen LogP contribution in [0.2, 0.25) is 0 Å². The van der Waals surface area contributed by atoms with E-state index >= 15 is 0 Å².